The van der Waals surface area contributed by atoms with E-state index in [9.17, 15) is 29.0 Å². The van der Waals surface area contributed by atoms with Crippen molar-refractivity contribution in [3.05, 3.63) is 272 Å². The van der Waals surface area contributed by atoms with Gasteiger partial charge in [-0.3, -0.25) is 0 Å². The maximum Gasteiger partial charge on any atom is 0.416 e. The van der Waals surface area contributed by atoms with Crippen LogP contribution in [-0.2, 0) is 6.18 Å². The molecule has 10 aromatic carbocycles. The van der Waals surface area contributed by atoms with Crippen LogP contribution in [0.25, 0.3) is 140 Å². The number of fused-ring (bicyclic) bond motifs is 6. The zero-order valence-electron chi connectivity index (χ0n) is 44.3. The molecule has 0 aliphatic heterocycles. The second-order valence-electron chi connectivity index (χ2n) is 19.9. The Kier molecular flexibility index (Phi) is 12.8. The van der Waals surface area contributed by atoms with E-state index >= 15 is 0 Å². The summed E-state index contributed by atoms with van der Waals surface area (Å²) in [4.78, 5) is 22.7. The van der Waals surface area contributed by atoms with Crippen LogP contribution in [0.1, 0.15) is 27.8 Å². The fourth-order valence-corrected chi connectivity index (χ4v) is 11.4. The Bertz CT molecular complexity index is 5120. The number of nitriles is 3. The molecule has 14 heteroatoms. The monoisotopic (exact) mass is 1100 g/mol. The van der Waals surface area contributed by atoms with Crippen molar-refractivity contribution >= 4 is 77.7 Å². The first-order valence-electron chi connectivity index (χ1n) is 25.8. The summed E-state index contributed by atoms with van der Waals surface area (Å²) in [5, 5.41) is 32.9. The second-order valence-corrected chi connectivity index (χ2v) is 19.9. The van der Waals surface area contributed by atoms with Crippen molar-refractivity contribution < 1.29 is 13.2 Å². The Morgan fingerprint density at radius 2 is 0.776 bits per heavy atom. The number of benzene rings is 10. The lowest BCUT2D eigenvalue weighted by Gasteiger charge is -2.21. The molecule has 392 valence electrons. The molecule has 2 heterocycles. The maximum absolute atomic E-state index is 14.7. The minimum Gasteiger partial charge on any atom is -0.319 e. The summed E-state index contributed by atoms with van der Waals surface area (Å²) in [6.45, 7) is 50.3. The van der Waals surface area contributed by atoms with E-state index in [2.05, 4.69) is 47.3 Å². The lowest BCUT2D eigenvalue weighted by atomic mass is 9.95. The summed E-state index contributed by atoms with van der Waals surface area (Å²) >= 11 is 0. The number of aryl methyl sites for hydroxylation is 1. The van der Waals surface area contributed by atoms with Gasteiger partial charge in [-0.15, -0.1) is 0 Å². The van der Waals surface area contributed by atoms with Gasteiger partial charge in [-0.1, -0.05) is 97.1 Å². The Labute approximate surface area is 484 Å². The molecule has 0 amide bonds. The predicted molar refractivity (Wildman–Crippen MR) is 324 cm³/mol. The van der Waals surface area contributed by atoms with Crippen molar-refractivity contribution in [1.29, 1.82) is 15.8 Å². The minimum atomic E-state index is -4.69. The molecule has 0 bridgehead atoms. The number of hydrogen-bond acceptors (Lipinski definition) is 3. The highest BCUT2D eigenvalue weighted by molar-refractivity contribution is 6.14. The summed E-state index contributed by atoms with van der Waals surface area (Å²) in [6, 6.07) is 55.5. The van der Waals surface area contributed by atoms with Gasteiger partial charge >= 0.3 is 6.18 Å². The van der Waals surface area contributed by atoms with E-state index in [1.54, 1.807) is 67.6 Å². The number of aromatic nitrogens is 2. The van der Waals surface area contributed by atoms with Crippen LogP contribution in [0.5, 0.6) is 0 Å². The van der Waals surface area contributed by atoms with Gasteiger partial charge in [0.2, 0.25) is 5.69 Å². The second kappa shape index (κ2) is 20.6. The van der Waals surface area contributed by atoms with Crippen molar-refractivity contribution in [2.75, 3.05) is 0 Å². The Morgan fingerprint density at radius 3 is 1.20 bits per heavy atom. The molecule has 0 N–H and O–H groups in total. The van der Waals surface area contributed by atoms with E-state index < -0.39 is 11.7 Å². The number of nitrogens with zero attached hydrogens (tertiary/aromatic N) is 11. The zero-order chi connectivity index (χ0) is 59.4. The molecule has 12 rings (SSSR count). The number of halogens is 3. The minimum absolute atomic E-state index is 0.104. The van der Waals surface area contributed by atoms with Crippen LogP contribution in [-0.4, -0.2) is 9.13 Å². The first kappa shape index (κ1) is 52.7. The van der Waals surface area contributed by atoms with E-state index in [0.717, 1.165) is 33.7 Å². The summed E-state index contributed by atoms with van der Waals surface area (Å²) in [7, 11) is 0. The van der Waals surface area contributed by atoms with Crippen LogP contribution < -0.4 is 0 Å². The summed E-state index contributed by atoms with van der Waals surface area (Å²) in [6.07, 6.45) is -4.69. The molecule has 2 aromatic heterocycles. The van der Waals surface area contributed by atoms with Crippen LogP contribution >= 0.6 is 0 Å². The van der Waals surface area contributed by atoms with Crippen molar-refractivity contribution in [3.63, 3.8) is 0 Å². The molecule has 0 spiro atoms. The summed E-state index contributed by atoms with van der Waals surface area (Å²) < 4.78 is 47.8. The summed E-state index contributed by atoms with van der Waals surface area (Å²) in [5.74, 6) is 0. The van der Waals surface area contributed by atoms with Gasteiger partial charge in [-0.25, -0.2) is 29.1 Å². The fourth-order valence-electron chi connectivity index (χ4n) is 11.4. The van der Waals surface area contributed by atoms with Gasteiger partial charge in [0.1, 0.15) is 0 Å². The van der Waals surface area contributed by atoms with Crippen LogP contribution in [0.4, 0.5) is 47.3 Å². The van der Waals surface area contributed by atoms with Gasteiger partial charge in [0, 0.05) is 49.5 Å². The number of alkyl halides is 3. The van der Waals surface area contributed by atoms with E-state index in [0.29, 0.717) is 100 Å². The van der Waals surface area contributed by atoms with Gasteiger partial charge in [-0.2, -0.15) is 29.0 Å². The smallest absolute Gasteiger partial charge is 0.319 e. The predicted octanol–water partition coefficient (Wildman–Crippen LogP) is 20.5. The van der Waals surface area contributed by atoms with Gasteiger partial charge in [0.25, 0.3) is 0 Å². The Hall–Kier alpha value is -13.0. The van der Waals surface area contributed by atoms with Crippen LogP contribution in [0.15, 0.2) is 176 Å². The third-order valence-electron chi connectivity index (χ3n) is 15.3. The highest BCUT2D eigenvalue weighted by atomic mass is 19.4. The molecule has 0 atom stereocenters. The average molecular weight is 1100 g/mol. The molecule has 0 saturated heterocycles. The fraction of sp³-hybridized carbons (Fsp3) is 0.0282. The van der Waals surface area contributed by atoms with E-state index in [1.807, 2.05) is 81.9 Å². The Morgan fingerprint density at radius 1 is 0.365 bits per heavy atom. The van der Waals surface area contributed by atoms with Gasteiger partial charge in [0.15, 0.2) is 28.4 Å². The number of hydrogen-bond donors (Lipinski definition) is 0. The van der Waals surface area contributed by atoms with Crippen molar-refractivity contribution in [2.24, 2.45) is 0 Å². The highest BCUT2D eigenvalue weighted by Crippen LogP contribution is 2.48. The Balaban J connectivity index is 1.23. The maximum atomic E-state index is 14.7. The van der Waals surface area contributed by atoms with Crippen LogP contribution in [0.3, 0.4) is 0 Å². The van der Waals surface area contributed by atoms with Gasteiger partial charge < -0.3 is 9.13 Å². The first-order chi connectivity index (χ1) is 41.2. The zero-order valence-corrected chi connectivity index (χ0v) is 44.3. The van der Waals surface area contributed by atoms with E-state index in [4.69, 9.17) is 39.4 Å². The van der Waals surface area contributed by atoms with Crippen molar-refractivity contribution in [1.82, 2.24) is 9.13 Å². The van der Waals surface area contributed by atoms with Crippen LogP contribution in [0.2, 0.25) is 0 Å². The topological polar surface area (TPSA) is 107 Å². The SMILES string of the molecule is [C-]#[N+]c1ccc(-c2ccc3c4ccc(-c5ccc(C#N)cc5[N+]#[C-])cc4n(-c4cc([N+]#[C-])c(-n5c6cc(-c7ccc(C#N)cc7[N+]#[C-])ccc6c6ccc(-c7ccc([N+]#[C-])cc7[N+]#[C-])cc65)cc4-c4ccc(C(F)(F)F)cc4C)c3c2)c(C#N)c1. The average Bonchev–Trinajstić information content (AvgIpc) is 2.38. The van der Waals surface area contributed by atoms with Crippen molar-refractivity contribution in [2.45, 2.75) is 13.1 Å². The van der Waals surface area contributed by atoms with Gasteiger partial charge in [0.05, 0.1) is 91.0 Å². The molecular weight excluding hydrogens is 1060 g/mol. The lowest BCUT2D eigenvalue weighted by molar-refractivity contribution is -0.137. The molecule has 0 aliphatic carbocycles. The van der Waals surface area contributed by atoms with Crippen molar-refractivity contribution in [3.8, 4) is 85.2 Å². The largest absolute Gasteiger partial charge is 0.416 e. The normalized spacial score (nSPS) is 11.0. The quantitative estimate of drug-likeness (QED) is 0.148. The molecule has 85 heavy (non-hydrogen) atoms. The molecule has 0 aliphatic rings. The van der Waals surface area contributed by atoms with E-state index in [-0.39, 0.29) is 45.3 Å². The lowest BCUT2D eigenvalue weighted by Crippen LogP contribution is -2.06. The molecule has 12 aromatic rings. The molecule has 0 saturated carbocycles. The molecular formula is C71H32F3N11. The van der Waals surface area contributed by atoms with Gasteiger partial charge in [-0.05, 0) is 141 Å². The highest BCUT2D eigenvalue weighted by Gasteiger charge is 2.32. The summed E-state index contributed by atoms with van der Waals surface area (Å²) in [5.41, 5.74) is 9.96. The van der Waals surface area contributed by atoms with Crippen LogP contribution in [0, 0.1) is 80.3 Å². The molecule has 11 nitrogen and oxygen atoms in total. The standard InChI is InChI=1S/C71H32F3N11/c1-40-26-48(71(72,73)74)14-23-51(40)60-35-70(85-67-32-45(54-18-9-42(38-76)28-62(54)81-5)12-21-58(67)59-22-13-46(33-68(59)85)55-25-16-50(79-3)34-63(55)82-6)64(83-7)36-69(60)84-65-30-43(52-24-15-49(78-2)29-47(52)39-77)10-19-56(65)57-20-11-44(31-66(57)84)53-17-8-41(37-75)27-61(53)80-4/h8-36H,1H3. The van der Waals surface area contributed by atoms with E-state index in [1.165, 1.54) is 30.3 Å². The third kappa shape index (κ3) is 8.80. The molecule has 0 radical (unpaired) electrons. The molecule has 0 fully saturated rings. The third-order valence-corrected chi connectivity index (χ3v) is 15.3. The first-order valence-corrected chi connectivity index (χ1v) is 25.8. The number of rotatable bonds is 7. The molecule has 0 unspecified atom stereocenters.